The average molecular weight is 134 g/mol. The summed E-state index contributed by atoms with van der Waals surface area (Å²) in [7, 11) is -0.986. The molecule has 8 heavy (non-hydrogen) atoms. The topological polar surface area (TPSA) is 35.5 Å². The standard InChI is InChI=1S/C4H10O3Si/c1-3-6-8-7-4(2)5/h3,8H2,1-2H3. The molecule has 0 bridgehead atoms. The molecular formula is C4H10O3Si. The van der Waals surface area contributed by atoms with Gasteiger partial charge in [-0.1, -0.05) is 0 Å². The maximum atomic E-state index is 10.1. The van der Waals surface area contributed by atoms with E-state index in [-0.39, 0.29) is 5.97 Å². The summed E-state index contributed by atoms with van der Waals surface area (Å²) in [5.41, 5.74) is 0. The SMILES string of the molecule is CCO[SiH2]OC(C)=O. The Kier molecular flexibility index (Phi) is 4.59. The largest absolute Gasteiger partial charge is 0.499 e. The Bertz CT molecular complexity index is 73.7. The second kappa shape index (κ2) is 4.80. The van der Waals surface area contributed by atoms with Gasteiger partial charge >= 0.3 is 10.0 Å². The van der Waals surface area contributed by atoms with Crippen molar-refractivity contribution in [3.8, 4) is 0 Å². The molecule has 0 atom stereocenters. The number of hydrogen-bond donors (Lipinski definition) is 0. The van der Waals surface area contributed by atoms with Crippen molar-refractivity contribution < 1.29 is 13.6 Å². The Hall–Kier alpha value is -0.353. The maximum Gasteiger partial charge on any atom is 0.369 e. The molecule has 0 radical (unpaired) electrons. The first-order chi connectivity index (χ1) is 3.77. The Labute approximate surface area is 51.0 Å². The molecule has 0 N–H and O–H groups in total. The van der Waals surface area contributed by atoms with E-state index in [0.29, 0.717) is 6.61 Å². The first-order valence-corrected chi connectivity index (χ1v) is 3.64. The monoisotopic (exact) mass is 134 g/mol. The summed E-state index contributed by atoms with van der Waals surface area (Å²) in [6, 6.07) is 0. The molecule has 0 aliphatic heterocycles. The highest BCUT2D eigenvalue weighted by atomic mass is 28.3. The molecule has 4 heteroatoms. The van der Waals surface area contributed by atoms with Crippen LogP contribution in [0.1, 0.15) is 13.8 Å². The van der Waals surface area contributed by atoms with Crippen LogP contribution in [0, 0.1) is 0 Å². The lowest BCUT2D eigenvalue weighted by Gasteiger charge is -1.97. The van der Waals surface area contributed by atoms with Gasteiger partial charge in [-0.25, -0.2) is 0 Å². The normalized spacial score (nSPS) is 10.2. The summed E-state index contributed by atoms with van der Waals surface area (Å²) in [4.78, 5) is 10.1. The molecule has 0 aromatic rings. The number of carbonyl (C=O) groups excluding carboxylic acids is 1. The van der Waals surface area contributed by atoms with Crippen molar-refractivity contribution in [3.63, 3.8) is 0 Å². The zero-order chi connectivity index (χ0) is 6.41. The molecule has 3 nitrogen and oxygen atoms in total. The van der Waals surface area contributed by atoms with Gasteiger partial charge in [-0.2, -0.15) is 0 Å². The zero-order valence-corrected chi connectivity index (χ0v) is 6.55. The minimum Gasteiger partial charge on any atom is -0.499 e. The fourth-order valence-corrected chi connectivity index (χ4v) is 0.624. The number of rotatable bonds is 3. The van der Waals surface area contributed by atoms with Gasteiger partial charge in [-0.15, -0.1) is 0 Å². The van der Waals surface area contributed by atoms with Crippen LogP contribution in [0.4, 0.5) is 0 Å². The second-order valence-corrected chi connectivity index (χ2v) is 2.18. The Morgan fingerprint density at radius 1 is 1.75 bits per heavy atom. The lowest BCUT2D eigenvalue weighted by Crippen LogP contribution is -2.07. The molecule has 0 heterocycles. The summed E-state index contributed by atoms with van der Waals surface area (Å²) < 4.78 is 9.40. The molecule has 0 aromatic carbocycles. The second-order valence-electron chi connectivity index (χ2n) is 1.25. The third kappa shape index (κ3) is 5.65. The molecule has 0 spiro atoms. The van der Waals surface area contributed by atoms with Crippen molar-refractivity contribution in [2.24, 2.45) is 0 Å². The van der Waals surface area contributed by atoms with E-state index in [0.717, 1.165) is 0 Å². The van der Waals surface area contributed by atoms with Crippen LogP contribution in [0.25, 0.3) is 0 Å². The van der Waals surface area contributed by atoms with Crippen LogP contribution in [-0.2, 0) is 13.6 Å². The molecule has 0 aliphatic rings. The van der Waals surface area contributed by atoms with E-state index in [4.69, 9.17) is 4.43 Å². The van der Waals surface area contributed by atoms with Gasteiger partial charge in [-0.05, 0) is 6.92 Å². The first-order valence-electron chi connectivity index (χ1n) is 2.48. The van der Waals surface area contributed by atoms with Crippen molar-refractivity contribution in [2.75, 3.05) is 6.61 Å². The van der Waals surface area contributed by atoms with E-state index < -0.39 is 10.0 Å². The number of carbonyl (C=O) groups is 1. The summed E-state index contributed by atoms with van der Waals surface area (Å²) >= 11 is 0. The average Bonchev–Trinajstić information content (AvgIpc) is 1.66. The molecule has 0 saturated heterocycles. The van der Waals surface area contributed by atoms with Crippen LogP contribution in [0.3, 0.4) is 0 Å². The highest BCUT2D eigenvalue weighted by Crippen LogP contribution is 1.73. The van der Waals surface area contributed by atoms with Crippen molar-refractivity contribution in [1.29, 1.82) is 0 Å². The zero-order valence-electron chi connectivity index (χ0n) is 5.14. The van der Waals surface area contributed by atoms with Crippen molar-refractivity contribution in [3.05, 3.63) is 0 Å². The van der Waals surface area contributed by atoms with Crippen LogP contribution in [0.5, 0.6) is 0 Å². The van der Waals surface area contributed by atoms with Crippen molar-refractivity contribution in [2.45, 2.75) is 13.8 Å². The Morgan fingerprint density at radius 2 is 2.38 bits per heavy atom. The molecule has 0 aliphatic carbocycles. The fraction of sp³-hybridized carbons (Fsp3) is 0.750. The molecule has 0 saturated carbocycles. The third-order valence-corrected chi connectivity index (χ3v) is 1.65. The highest BCUT2D eigenvalue weighted by molar-refractivity contribution is 6.22. The van der Waals surface area contributed by atoms with Crippen LogP contribution < -0.4 is 0 Å². The first kappa shape index (κ1) is 7.65. The van der Waals surface area contributed by atoms with Crippen LogP contribution in [0.15, 0.2) is 0 Å². The van der Waals surface area contributed by atoms with Gasteiger partial charge in [-0.3, -0.25) is 4.79 Å². The van der Waals surface area contributed by atoms with Crippen molar-refractivity contribution >= 4 is 16.0 Å². The predicted octanol–water partition coefficient (Wildman–Crippen LogP) is -0.415. The van der Waals surface area contributed by atoms with E-state index in [9.17, 15) is 4.79 Å². The van der Waals surface area contributed by atoms with Gasteiger partial charge in [0.1, 0.15) is 0 Å². The number of hydrogen-bond acceptors (Lipinski definition) is 3. The minimum atomic E-state index is -0.986. The minimum absolute atomic E-state index is 0.245. The van der Waals surface area contributed by atoms with E-state index in [1.54, 1.807) is 0 Å². The quantitative estimate of drug-likeness (QED) is 0.388. The van der Waals surface area contributed by atoms with Crippen LogP contribution in [0.2, 0.25) is 0 Å². The molecule has 48 valence electrons. The van der Waals surface area contributed by atoms with Crippen molar-refractivity contribution in [1.82, 2.24) is 0 Å². The van der Waals surface area contributed by atoms with Gasteiger partial charge < -0.3 is 8.85 Å². The van der Waals surface area contributed by atoms with Gasteiger partial charge in [0.05, 0.1) is 0 Å². The summed E-state index contributed by atoms with van der Waals surface area (Å²) in [6.45, 7) is 3.89. The summed E-state index contributed by atoms with van der Waals surface area (Å²) in [5, 5.41) is 0. The van der Waals surface area contributed by atoms with E-state index in [1.807, 2.05) is 6.92 Å². The molecular weight excluding hydrogens is 124 g/mol. The molecule has 0 amide bonds. The van der Waals surface area contributed by atoms with E-state index >= 15 is 0 Å². The molecule has 0 aromatic heterocycles. The Morgan fingerprint density at radius 3 is 2.75 bits per heavy atom. The smallest absolute Gasteiger partial charge is 0.369 e. The van der Waals surface area contributed by atoms with Crippen LogP contribution >= 0.6 is 0 Å². The van der Waals surface area contributed by atoms with E-state index in [2.05, 4.69) is 4.43 Å². The molecule has 0 unspecified atom stereocenters. The highest BCUT2D eigenvalue weighted by Gasteiger charge is 1.89. The molecule has 0 fully saturated rings. The van der Waals surface area contributed by atoms with Gasteiger partial charge in [0.15, 0.2) is 0 Å². The lowest BCUT2D eigenvalue weighted by molar-refractivity contribution is -0.132. The fourth-order valence-electron chi connectivity index (χ4n) is 0.208. The van der Waals surface area contributed by atoms with Gasteiger partial charge in [0, 0.05) is 13.5 Å². The third-order valence-electron chi connectivity index (χ3n) is 0.550. The Balaban J connectivity index is 2.82. The summed E-state index contributed by atoms with van der Waals surface area (Å²) in [6.07, 6.45) is 0. The lowest BCUT2D eigenvalue weighted by atomic mass is 10.9. The van der Waals surface area contributed by atoms with E-state index in [1.165, 1.54) is 6.92 Å². The maximum absolute atomic E-state index is 10.1. The predicted molar refractivity (Wildman–Crippen MR) is 31.9 cm³/mol. The molecule has 0 rings (SSSR count). The van der Waals surface area contributed by atoms with Gasteiger partial charge in [0.2, 0.25) is 0 Å². The summed E-state index contributed by atoms with van der Waals surface area (Å²) in [5.74, 6) is -0.245. The van der Waals surface area contributed by atoms with Crippen LogP contribution in [-0.4, -0.2) is 22.6 Å². The van der Waals surface area contributed by atoms with Gasteiger partial charge in [0.25, 0.3) is 5.97 Å².